The third-order valence-electron chi connectivity index (χ3n) is 5.54. The lowest BCUT2D eigenvalue weighted by atomic mass is 9.93. The van der Waals surface area contributed by atoms with Crippen molar-refractivity contribution in [3.8, 4) is 5.75 Å². The van der Waals surface area contributed by atoms with Crippen LogP contribution in [0.3, 0.4) is 0 Å². The number of hydrogen-bond donors (Lipinski definition) is 2. The Morgan fingerprint density at radius 1 is 1.06 bits per heavy atom. The monoisotopic (exact) mass is 445 g/mol. The number of ether oxygens (including phenoxy) is 1. The van der Waals surface area contributed by atoms with Gasteiger partial charge in [-0.3, -0.25) is 9.59 Å². The van der Waals surface area contributed by atoms with E-state index in [0.29, 0.717) is 53.5 Å². The Kier molecular flexibility index (Phi) is 6.58. The van der Waals surface area contributed by atoms with E-state index < -0.39 is 0 Å². The van der Waals surface area contributed by atoms with E-state index in [-0.39, 0.29) is 17.6 Å². The third kappa shape index (κ3) is 4.82. The summed E-state index contributed by atoms with van der Waals surface area (Å²) in [6.07, 6.45) is 2.23. The fraction of sp³-hybridized carbons (Fsp3) is 0.269. The number of furan rings is 1. The van der Waals surface area contributed by atoms with Crippen LogP contribution in [0.15, 0.2) is 58.0 Å². The van der Waals surface area contributed by atoms with Crippen LogP contribution in [0.25, 0.3) is 0 Å². The highest BCUT2D eigenvalue weighted by Crippen LogP contribution is 2.31. The molecule has 0 spiro atoms. The normalized spacial score (nSPS) is 14.0. The number of anilines is 1. The van der Waals surface area contributed by atoms with E-state index in [9.17, 15) is 9.59 Å². The summed E-state index contributed by atoms with van der Waals surface area (Å²) in [4.78, 5) is 25.5. The van der Waals surface area contributed by atoms with E-state index in [2.05, 4.69) is 15.8 Å². The van der Waals surface area contributed by atoms with Crippen LogP contribution in [-0.4, -0.2) is 24.1 Å². The maximum atomic E-state index is 13.0. The van der Waals surface area contributed by atoms with Crippen molar-refractivity contribution < 1.29 is 18.7 Å². The molecule has 7 nitrogen and oxygen atoms in total. The zero-order valence-electron chi connectivity index (χ0n) is 19.0. The number of para-hydroxylation sites is 2. The Morgan fingerprint density at radius 3 is 2.67 bits per heavy atom. The zero-order chi connectivity index (χ0) is 23.4. The first kappa shape index (κ1) is 22.3. The first-order valence-corrected chi connectivity index (χ1v) is 11.1. The molecule has 170 valence electrons. The minimum absolute atomic E-state index is 0.242. The van der Waals surface area contributed by atoms with Crippen LogP contribution in [0, 0.1) is 13.8 Å². The third-order valence-corrected chi connectivity index (χ3v) is 5.54. The second-order valence-electron chi connectivity index (χ2n) is 7.96. The molecule has 2 amide bonds. The summed E-state index contributed by atoms with van der Waals surface area (Å²) in [6.45, 7) is 6.16. The molecule has 0 atom stereocenters. The van der Waals surface area contributed by atoms with Crippen LogP contribution in [0.5, 0.6) is 5.75 Å². The maximum Gasteiger partial charge on any atom is 0.291 e. The van der Waals surface area contributed by atoms with Crippen LogP contribution < -0.4 is 15.5 Å². The number of amides is 2. The highest BCUT2D eigenvalue weighted by molar-refractivity contribution is 6.10. The highest BCUT2D eigenvalue weighted by Gasteiger charge is 2.28. The van der Waals surface area contributed by atoms with Gasteiger partial charge in [0.25, 0.3) is 11.8 Å². The first-order valence-electron chi connectivity index (χ1n) is 11.1. The van der Waals surface area contributed by atoms with E-state index in [1.807, 2.05) is 51.1 Å². The zero-order valence-corrected chi connectivity index (χ0v) is 19.0. The summed E-state index contributed by atoms with van der Waals surface area (Å²) in [5, 5.41) is 7.28. The second-order valence-corrected chi connectivity index (χ2v) is 7.96. The molecule has 0 bridgehead atoms. The van der Waals surface area contributed by atoms with Crippen LogP contribution in [-0.2, 0) is 6.42 Å². The maximum absolute atomic E-state index is 13.0. The molecule has 0 saturated heterocycles. The molecule has 1 aromatic heterocycles. The Balaban J connectivity index is 1.57. The molecule has 3 aromatic rings. The van der Waals surface area contributed by atoms with E-state index in [0.717, 1.165) is 17.5 Å². The Morgan fingerprint density at radius 2 is 1.88 bits per heavy atom. The Hall–Kier alpha value is -3.87. The van der Waals surface area contributed by atoms with Gasteiger partial charge in [0.05, 0.1) is 18.0 Å². The standard InChI is InChI=1S/C26H27N3O4/c1-4-32-21-13-6-5-11-19(21)27-26(31)24-17(3)23-20(12-8-14-22(23)33-24)28-29-25(30)18-10-7-9-16(2)15-18/h5-7,9-11,13,15H,4,8,12,14H2,1-3H3,(H,27,31)(H,29,30)/b28-20+. The van der Waals surface area contributed by atoms with Crippen molar-refractivity contribution in [1.29, 1.82) is 0 Å². The predicted octanol–water partition coefficient (Wildman–Crippen LogP) is 5.02. The van der Waals surface area contributed by atoms with E-state index in [1.54, 1.807) is 18.2 Å². The van der Waals surface area contributed by atoms with Gasteiger partial charge in [0.1, 0.15) is 11.5 Å². The molecular formula is C26H27N3O4. The predicted molar refractivity (Wildman–Crippen MR) is 127 cm³/mol. The average molecular weight is 446 g/mol. The minimum atomic E-state index is -0.350. The fourth-order valence-corrected chi connectivity index (χ4v) is 4.00. The Bertz CT molecular complexity index is 1230. The van der Waals surface area contributed by atoms with Gasteiger partial charge in [0, 0.05) is 23.1 Å². The molecule has 1 heterocycles. The smallest absolute Gasteiger partial charge is 0.291 e. The summed E-state index contributed by atoms with van der Waals surface area (Å²) in [5.41, 5.74) is 7.01. The molecule has 1 aliphatic carbocycles. The van der Waals surface area contributed by atoms with Crippen molar-refractivity contribution in [1.82, 2.24) is 5.43 Å². The van der Waals surface area contributed by atoms with E-state index in [1.165, 1.54) is 0 Å². The molecule has 2 N–H and O–H groups in total. The number of nitrogens with one attached hydrogen (secondary N) is 2. The van der Waals surface area contributed by atoms with Gasteiger partial charge in [-0.05, 0) is 57.9 Å². The molecule has 0 unspecified atom stereocenters. The lowest BCUT2D eigenvalue weighted by molar-refractivity contribution is 0.0953. The van der Waals surface area contributed by atoms with Gasteiger partial charge in [-0.2, -0.15) is 5.10 Å². The number of carbonyl (C=O) groups excluding carboxylic acids is 2. The quantitative estimate of drug-likeness (QED) is 0.521. The number of nitrogens with zero attached hydrogens (tertiary/aromatic N) is 1. The van der Waals surface area contributed by atoms with Gasteiger partial charge in [-0.15, -0.1) is 0 Å². The first-order chi connectivity index (χ1) is 16.0. The van der Waals surface area contributed by atoms with E-state index in [4.69, 9.17) is 9.15 Å². The molecule has 0 aliphatic heterocycles. The number of benzene rings is 2. The SMILES string of the molecule is CCOc1ccccc1NC(=O)c1oc2c(c1C)/C(=N/NC(=O)c1cccc(C)c1)CCC2. The molecule has 7 heteroatoms. The molecule has 0 saturated carbocycles. The van der Waals surface area contributed by atoms with Gasteiger partial charge >= 0.3 is 0 Å². The number of hydrazone groups is 1. The number of rotatable bonds is 6. The lowest BCUT2D eigenvalue weighted by Gasteiger charge is -2.13. The van der Waals surface area contributed by atoms with Crippen LogP contribution in [0.4, 0.5) is 5.69 Å². The molecule has 2 aromatic carbocycles. The van der Waals surface area contributed by atoms with Crippen molar-refractivity contribution >= 4 is 23.2 Å². The summed E-state index contributed by atoms with van der Waals surface area (Å²) in [7, 11) is 0. The van der Waals surface area contributed by atoms with Crippen molar-refractivity contribution in [2.45, 2.75) is 40.0 Å². The van der Waals surface area contributed by atoms with Crippen molar-refractivity contribution in [3.05, 3.63) is 82.3 Å². The van der Waals surface area contributed by atoms with Crippen molar-refractivity contribution in [3.63, 3.8) is 0 Å². The number of hydrogen-bond acceptors (Lipinski definition) is 5. The largest absolute Gasteiger partial charge is 0.492 e. The number of aryl methyl sites for hydroxylation is 2. The van der Waals surface area contributed by atoms with Crippen molar-refractivity contribution in [2.75, 3.05) is 11.9 Å². The molecule has 4 rings (SSSR count). The molecule has 0 fully saturated rings. The van der Waals surface area contributed by atoms with Crippen LogP contribution in [0.1, 0.15) is 63.1 Å². The summed E-state index contributed by atoms with van der Waals surface area (Å²) >= 11 is 0. The fourth-order valence-electron chi connectivity index (χ4n) is 4.00. The Labute approximate surface area is 192 Å². The molecule has 33 heavy (non-hydrogen) atoms. The van der Waals surface area contributed by atoms with Gasteiger partial charge < -0.3 is 14.5 Å². The molecular weight excluding hydrogens is 418 g/mol. The average Bonchev–Trinajstić information content (AvgIpc) is 3.16. The van der Waals surface area contributed by atoms with Gasteiger partial charge in [-0.25, -0.2) is 5.43 Å². The highest BCUT2D eigenvalue weighted by atomic mass is 16.5. The van der Waals surface area contributed by atoms with Crippen LogP contribution >= 0.6 is 0 Å². The lowest BCUT2D eigenvalue weighted by Crippen LogP contribution is -2.22. The summed E-state index contributed by atoms with van der Waals surface area (Å²) < 4.78 is 11.6. The van der Waals surface area contributed by atoms with Gasteiger partial charge in [0.15, 0.2) is 5.76 Å². The van der Waals surface area contributed by atoms with Crippen molar-refractivity contribution in [2.24, 2.45) is 5.10 Å². The van der Waals surface area contributed by atoms with E-state index >= 15 is 0 Å². The van der Waals surface area contributed by atoms with Gasteiger partial charge in [-0.1, -0.05) is 29.8 Å². The minimum Gasteiger partial charge on any atom is -0.492 e. The number of carbonyl (C=O) groups is 2. The van der Waals surface area contributed by atoms with Crippen LogP contribution in [0.2, 0.25) is 0 Å². The number of fused-ring (bicyclic) bond motifs is 1. The molecule has 0 radical (unpaired) electrons. The summed E-state index contributed by atoms with van der Waals surface area (Å²) in [5.74, 6) is 0.932. The summed E-state index contributed by atoms with van der Waals surface area (Å²) in [6, 6.07) is 14.6. The topological polar surface area (TPSA) is 92.9 Å². The van der Waals surface area contributed by atoms with Gasteiger partial charge in [0.2, 0.25) is 0 Å². The molecule has 1 aliphatic rings. The second kappa shape index (κ2) is 9.73.